The number of rotatable bonds is 9. The van der Waals surface area contributed by atoms with Crippen LogP contribution in [0.5, 0.6) is 17.2 Å². The summed E-state index contributed by atoms with van der Waals surface area (Å²) in [6.45, 7) is 10.3. The summed E-state index contributed by atoms with van der Waals surface area (Å²) in [6, 6.07) is 18.6. The van der Waals surface area contributed by atoms with Crippen molar-refractivity contribution in [2.75, 3.05) is 18.6 Å². The van der Waals surface area contributed by atoms with Crippen LogP contribution in [0.2, 0.25) is 0 Å². The van der Waals surface area contributed by atoms with Gasteiger partial charge in [0, 0.05) is 17.3 Å². The standard InChI is InChI=1S/C32H35NO6/c1-7-38-27-15-14-22(17-26(27)19(2)3)30(34)28-29(21-10-8-13-25(16-21)39-20(4)5)33(32(36)31(28)35)23-11-9-12-24(18-23)37-6/h8-20,29,34H,7H2,1-6H3/b30-28+. The minimum Gasteiger partial charge on any atom is -0.507 e. The van der Waals surface area contributed by atoms with Gasteiger partial charge >= 0.3 is 0 Å². The summed E-state index contributed by atoms with van der Waals surface area (Å²) >= 11 is 0. The number of carbonyl (C=O) groups is 2. The Labute approximate surface area is 229 Å². The smallest absolute Gasteiger partial charge is 0.300 e. The van der Waals surface area contributed by atoms with E-state index >= 15 is 0 Å². The van der Waals surface area contributed by atoms with Gasteiger partial charge in [-0.3, -0.25) is 14.5 Å². The maximum atomic E-state index is 13.6. The van der Waals surface area contributed by atoms with Gasteiger partial charge in [-0.1, -0.05) is 32.0 Å². The van der Waals surface area contributed by atoms with Crippen molar-refractivity contribution in [3.63, 3.8) is 0 Å². The van der Waals surface area contributed by atoms with Crippen molar-refractivity contribution >= 4 is 23.1 Å². The van der Waals surface area contributed by atoms with Crippen molar-refractivity contribution in [2.45, 2.75) is 52.7 Å². The number of aliphatic hydroxyl groups is 1. The van der Waals surface area contributed by atoms with Gasteiger partial charge in [0.15, 0.2) is 0 Å². The van der Waals surface area contributed by atoms with Gasteiger partial charge in [0.25, 0.3) is 11.7 Å². The zero-order chi connectivity index (χ0) is 28.3. The topological polar surface area (TPSA) is 85.3 Å². The van der Waals surface area contributed by atoms with Gasteiger partial charge in [0.05, 0.1) is 31.4 Å². The van der Waals surface area contributed by atoms with E-state index in [9.17, 15) is 14.7 Å². The molecule has 1 heterocycles. The van der Waals surface area contributed by atoms with Crippen molar-refractivity contribution in [1.82, 2.24) is 0 Å². The Morgan fingerprint density at radius 2 is 1.67 bits per heavy atom. The molecule has 1 unspecified atom stereocenters. The first-order chi connectivity index (χ1) is 18.7. The van der Waals surface area contributed by atoms with Crippen LogP contribution in [0.15, 0.2) is 72.3 Å². The SMILES string of the molecule is CCOc1ccc(/C(O)=C2\C(=O)C(=O)N(c3cccc(OC)c3)C2c2cccc(OC(C)C)c2)cc1C(C)C. The summed E-state index contributed by atoms with van der Waals surface area (Å²) in [5, 5.41) is 11.6. The van der Waals surface area contributed by atoms with Crippen LogP contribution in [-0.4, -0.2) is 36.6 Å². The molecule has 0 spiro atoms. The number of ketones is 1. The molecule has 0 saturated carbocycles. The fourth-order valence-corrected chi connectivity index (χ4v) is 4.79. The third-order valence-corrected chi connectivity index (χ3v) is 6.53. The second-order valence-electron chi connectivity index (χ2n) is 9.95. The quantitative estimate of drug-likeness (QED) is 0.190. The van der Waals surface area contributed by atoms with Gasteiger partial charge in [-0.05, 0) is 80.3 Å². The number of hydrogen-bond donors (Lipinski definition) is 1. The number of methoxy groups -OCH3 is 1. The Balaban J connectivity index is 1.94. The second kappa shape index (κ2) is 11.6. The van der Waals surface area contributed by atoms with Crippen LogP contribution in [0.1, 0.15) is 63.3 Å². The molecule has 7 heteroatoms. The van der Waals surface area contributed by atoms with Crippen LogP contribution in [0.25, 0.3) is 5.76 Å². The lowest BCUT2D eigenvalue weighted by Gasteiger charge is -2.26. The maximum Gasteiger partial charge on any atom is 0.300 e. The van der Waals surface area contributed by atoms with Crippen LogP contribution >= 0.6 is 0 Å². The first kappa shape index (κ1) is 27.8. The molecule has 3 aromatic carbocycles. The number of Topliss-reactive ketones (excluding diaryl/α,β-unsaturated/α-hetero) is 1. The van der Waals surface area contributed by atoms with E-state index in [0.29, 0.717) is 34.9 Å². The van der Waals surface area contributed by atoms with Crippen molar-refractivity contribution < 1.29 is 28.9 Å². The van der Waals surface area contributed by atoms with E-state index < -0.39 is 17.7 Å². The number of benzene rings is 3. The van der Waals surface area contributed by atoms with Gasteiger partial charge in [0.1, 0.15) is 23.0 Å². The number of carbonyl (C=O) groups excluding carboxylic acids is 2. The fraction of sp³-hybridized carbons (Fsp3) is 0.312. The van der Waals surface area contributed by atoms with Gasteiger partial charge in [-0.15, -0.1) is 0 Å². The van der Waals surface area contributed by atoms with Crippen LogP contribution in [-0.2, 0) is 9.59 Å². The van der Waals surface area contributed by atoms with E-state index in [1.165, 1.54) is 12.0 Å². The van der Waals surface area contributed by atoms with Crippen LogP contribution < -0.4 is 19.1 Å². The highest BCUT2D eigenvalue weighted by molar-refractivity contribution is 6.51. The largest absolute Gasteiger partial charge is 0.507 e. The minimum absolute atomic E-state index is 0.00313. The molecule has 204 valence electrons. The molecule has 0 bridgehead atoms. The maximum absolute atomic E-state index is 13.6. The normalized spacial score (nSPS) is 16.7. The van der Waals surface area contributed by atoms with Gasteiger partial charge in [-0.25, -0.2) is 0 Å². The number of hydrogen-bond acceptors (Lipinski definition) is 6. The molecule has 1 N–H and O–H groups in total. The van der Waals surface area contributed by atoms with Gasteiger partial charge < -0.3 is 19.3 Å². The Hall–Kier alpha value is -4.26. The van der Waals surface area contributed by atoms with E-state index in [1.54, 1.807) is 42.5 Å². The lowest BCUT2D eigenvalue weighted by molar-refractivity contribution is -0.132. The number of amides is 1. The summed E-state index contributed by atoms with van der Waals surface area (Å²) < 4.78 is 17.1. The first-order valence-corrected chi connectivity index (χ1v) is 13.1. The molecule has 1 aliphatic heterocycles. The third-order valence-electron chi connectivity index (χ3n) is 6.53. The molecular formula is C32H35NO6. The predicted molar refractivity (Wildman–Crippen MR) is 152 cm³/mol. The summed E-state index contributed by atoms with van der Waals surface area (Å²) in [5.74, 6) is 0.217. The predicted octanol–water partition coefficient (Wildman–Crippen LogP) is 6.63. The average molecular weight is 530 g/mol. The molecule has 0 radical (unpaired) electrons. The van der Waals surface area contributed by atoms with Crippen LogP contribution in [0, 0.1) is 0 Å². The Morgan fingerprint density at radius 1 is 0.949 bits per heavy atom. The summed E-state index contributed by atoms with van der Waals surface area (Å²) in [7, 11) is 1.54. The zero-order valence-corrected chi connectivity index (χ0v) is 23.2. The monoisotopic (exact) mass is 529 g/mol. The van der Waals surface area contributed by atoms with E-state index in [2.05, 4.69) is 0 Å². The highest BCUT2D eigenvalue weighted by Gasteiger charge is 2.47. The molecule has 0 aliphatic carbocycles. The van der Waals surface area contributed by atoms with Crippen molar-refractivity contribution in [2.24, 2.45) is 0 Å². The molecule has 7 nitrogen and oxygen atoms in total. The van der Waals surface area contributed by atoms with Crippen molar-refractivity contribution in [3.05, 3.63) is 89.0 Å². The van der Waals surface area contributed by atoms with Crippen LogP contribution in [0.4, 0.5) is 5.69 Å². The first-order valence-electron chi connectivity index (χ1n) is 13.1. The molecule has 39 heavy (non-hydrogen) atoms. The number of aliphatic hydroxyl groups excluding tert-OH is 1. The number of nitrogens with zero attached hydrogens (tertiary/aromatic N) is 1. The van der Waals surface area contributed by atoms with Gasteiger partial charge in [0.2, 0.25) is 0 Å². The molecule has 1 saturated heterocycles. The molecule has 0 aromatic heterocycles. The molecule has 1 atom stereocenters. The molecular weight excluding hydrogens is 494 g/mol. The third kappa shape index (κ3) is 5.62. The number of ether oxygens (including phenoxy) is 3. The average Bonchev–Trinajstić information content (AvgIpc) is 3.18. The Bertz CT molecular complexity index is 1410. The molecule has 3 aromatic rings. The number of anilines is 1. The summed E-state index contributed by atoms with van der Waals surface area (Å²) in [5.41, 5.74) is 2.44. The minimum atomic E-state index is -0.887. The molecule has 1 aliphatic rings. The molecule has 1 fully saturated rings. The zero-order valence-electron chi connectivity index (χ0n) is 23.2. The van der Waals surface area contributed by atoms with Gasteiger partial charge in [-0.2, -0.15) is 0 Å². The summed E-state index contributed by atoms with van der Waals surface area (Å²) in [6.07, 6.45) is -0.0664. The van der Waals surface area contributed by atoms with E-state index in [1.807, 2.05) is 58.9 Å². The highest BCUT2D eigenvalue weighted by Crippen LogP contribution is 2.44. The fourth-order valence-electron chi connectivity index (χ4n) is 4.79. The van der Waals surface area contributed by atoms with Crippen molar-refractivity contribution in [1.29, 1.82) is 0 Å². The lowest BCUT2D eigenvalue weighted by Crippen LogP contribution is -2.29. The van der Waals surface area contributed by atoms with E-state index in [-0.39, 0.29) is 23.4 Å². The Morgan fingerprint density at radius 3 is 2.33 bits per heavy atom. The van der Waals surface area contributed by atoms with E-state index in [0.717, 1.165) is 11.3 Å². The van der Waals surface area contributed by atoms with Crippen molar-refractivity contribution in [3.8, 4) is 17.2 Å². The molecule has 1 amide bonds. The highest BCUT2D eigenvalue weighted by atomic mass is 16.5. The second-order valence-corrected chi connectivity index (χ2v) is 9.95. The Kier molecular flexibility index (Phi) is 8.29. The summed E-state index contributed by atoms with van der Waals surface area (Å²) in [4.78, 5) is 28.6. The lowest BCUT2D eigenvalue weighted by atomic mass is 9.93. The van der Waals surface area contributed by atoms with Crippen LogP contribution in [0.3, 0.4) is 0 Å². The van der Waals surface area contributed by atoms with E-state index in [4.69, 9.17) is 14.2 Å². The molecule has 4 rings (SSSR count).